The summed E-state index contributed by atoms with van der Waals surface area (Å²) in [6.07, 6.45) is 2.53. The van der Waals surface area contributed by atoms with Crippen molar-refractivity contribution in [1.82, 2.24) is 4.90 Å². The van der Waals surface area contributed by atoms with Crippen LogP contribution in [-0.4, -0.2) is 37.7 Å². The fourth-order valence-corrected chi connectivity index (χ4v) is 2.90. The number of piperidine rings is 1. The van der Waals surface area contributed by atoms with Crippen LogP contribution in [0.5, 0.6) is 0 Å². The van der Waals surface area contributed by atoms with Crippen molar-refractivity contribution >= 4 is 11.6 Å². The summed E-state index contributed by atoms with van der Waals surface area (Å²) in [6.45, 7) is 2.64. The molecule has 0 aromatic heterocycles. The maximum absolute atomic E-state index is 6.27. The summed E-state index contributed by atoms with van der Waals surface area (Å²) < 4.78 is 5.40. The normalized spacial score (nSPS) is 19.9. The Hall–Kier alpha value is -0.610. The van der Waals surface area contributed by atoms with Gasteiger partial charge in [0.15, 0.2) is 0 Å². The summed E-state index contributed by atoms with van der Waals surface area (Å²) in [5.74, 6) is 0. The summed E-state index contributed by atoms with van der Waals surface area (Å²) in [5.41, 5.74) is 7.08. The zero-order valence-electron chi connectivity index (χ0n) is 10.8. The van der Waals surface area contributed by atoms with E-state index in [9.17, 15) is 0 Å². The summed E-state index contributed by atoms with van der Waals surface area (Å²) in [4.78, 5) is 2.41. The largest absolute Gasteiger partial charge is 0.381 e. The van der Waals surface area contributed by atoms with Crippen molar-refractivity contribution in [3.8, 4) is 0 Å². The molecule has 1 aromatic carbocycles. The van der Waals surface area contributed by atoms with E-state index in [-0.39, 0.29) is 6.04 Å². The first-order valence-corrected chi connectivity index (χ1v) is 6.85. The molecule has 3 nitrogen and oxygen atoms in total. The lowest BCUT2D eigenvalue weighted by Crippen LogP contribution is -2.41. The molecule has 2 N–H and O–H groups in total. The Morgan fingerprint density at radius 3 is 2.61 bits per heavy atom. The molecule has 0 bridgehead atoms. The first-order chi connectivity index (χ1) is 8.76. The van der Waals surface area contributed by atoms with E-state index in [4.69, 9.17) is 22.1 Å². The Morgan fingerprint density at radius 1 is 1.39 bits per heavy atom. The van der Waals surface area contributed by atoms with Crippen LogP contribution in [0.4, 0.5) is 0 Å². The first kappa shape index (κ1) is 13.8. The predicted octanol–water partition coefficient (Wildman–Crippen LogP) is 2.45. The number of hydrogen-bond donors (Lipinski definition) is 1. The van der Waals surface area contributed by atoms with Gasteiger partial charge in [-0.15, -0.1) is 0 Å². The maximum atomic E-state index is 6.27. The number of methoxy groups -OCH3 is 1. The van der Waals surface area contributed by atoms with Crippen molar-refractivity contribution in [2.45, 2.75) is 25.0 Å². The Kier molecular flexibility index (Phi) is 5.01. The minimum absolute atomic E-state index is 0.219. The van der Waals surface area contributed by atoms with Crippen LogP contribution in [0.15, 0.2) is 24.3 Å². The molecule has 1 unspecified atom stereocenters. The van der Waals surface area contributed by atoms with Gasteiger partial charge in [-0.25, -0.2) is 0 Å². The topological polar surface area (TPSA) is 38.5 Å². The number of ether oxygens (including phenoxy) is 1. The van der Waals surface area contributed by atoms with Crippen LogP contribution in [0.3, 0.4) is 0 Å². The second-order valence-corrected chi connectivity index (χ2v) is 5.15. The van der Waals surface area contributed by atoms with Crippen LogP contribution in [0, 0.1) is 0 Å². The highest BCUT2D eigenvalue weighted by Gasteiger charge is 2.26. The number of benzene rings is 1. The van der Waals surface area contributed by atoms with E-state index in [0.717, 1.165) is 36.5 Å². The van der Waals surface area contributed by atoms with Gasteiger partial charge in [0.05, 0.1) is 6.10 Å². The molecule has 1 saturated heterocycles. The van der Waals surface area contributed by atoms with Crippen LogP contribution in [0.2, 0.25) is 5.02 Å². The molecule has 0 aliphatic carbocycles. The maximum Gasteiger partial charge on any atom is 0.0595 e. The number of nitrogens with zero attached hydrogens (tertiary/aromatic N) is 1. The zero-order valence-corrected chi connectivity index (χ0v) is 11.6. The Labute approximate surface area is 114 Å². The van der Waals surface area contributed by atoms with E-state index in [1.807, 2.05) is 18.2 Å². The second kappa shape index (κ2) is 6.53. The summed E-state index contributed by atoms with van der Waals surface area (Å²) in [6, 6.07) is 8.20. The molecule has 18 heavy (non-hydrogen) atoms. The molecule has 100 valence electrons. The highest BCUT2D eigenvalue weighted by molar-refractivity contribution is 6.31. The van der Waals surface area contributed by atoms with Gasteiger partial charge in [0, 0.05) is 37.8 Å². The quantitative estimate of drug-likeness (QED) is 0.912. The summed E-state index contributed by atoms with van der Waals surface area (Å²) in [5, 5.41) is 0.807. The highest BCUT2D eigenvalue weighted by atomic mass is 35.5. The fourth-order valence-electron chi connectivity index (χ4n) is 2.64. The van der Waals surface area contributed by atoms with Crippen molar-refractivity contribution in [3.63, 3.8) is 0 Å². The van der Waals surface area contributed by atoms with E-state index in [2.05, 4.69) is 11.0 Å². The molecular weight excluding hydrogens is 248 g/mol. The van der Waals surface area contributed by atoms with Gasteiger partial charge in [0.1, 0.15) is 0 Å². The van der Waals surface area contributed by atoms with Gasteiger partial charge in [-0.05, 0) is 24.5 Å². The van der Waals surface area contributed by atoms with E-state index >= 15 is 0 Å². The number of halogens is 1. The van der Waals surface area contributed by atoms with Gasteiger partial charge in [-0.3, -0.25) is 4.90 Å². The average Bonchev–Trinajstić information content (AvgIpc) is 2.42. The van der Waals surface area contributed by atoms with Gasteiger partial charge in [0.25, 0.3) is 0 Å². The lowest BCUT2D eigenvalue weighted by Gasteiger charge is -2.37. The number of nitrogens with two attached hydrogens (primary N) is 1. The predicted molar refractivity (Wildman–Crippen MR) is 74.9 cm³/mol. The zero-order chi connectivity index (χ0) is 13.0. The van der Waals surface area contributed by atoms with Crippen LogP contribution in [0.25, 0.3) is 0 Å². The van der Waals surface area contributed by atoms with Crippen molar-refractivity contribution in [2.75, 3.05) is 26.7 Å². The smallest absolute Gasteiger partial charge is 0.0595 e. The number of rotatable bonds is 4. The van der Waals surface area contributed by atoms with Crippen molar-refractivity contribution in [2.24, 2.45) is 5.73 Å². The lowest BCUT2D eigenvalue weighted by atomic mass is 10.0. The van der Waals surface area contributed by atoms with Gasteiger partial charge in [0.2, 0.25) is 0 Å². The molecule has 0 amide bonds. The number of hydrogen-bond acceptors (Lipinski definition) is 3. The van der Waals surface area contributed by atoms with Crippen LogP contribution >= 0.6 is 11.6 Å². The van der Waals surface area contributed by atoms with E-state index in [1.54, 1.807) is 7.11 Å². The molecule has 0 radical (unpaired) electrons. The van der Waals surface area contributed by atoms with Crippen LogP contribution < -0.4 is 5.73 Å². The third-order valence-corrected chi connectivity index (χ3v) is 4.08. The molecule has 4 heteroatoms. The van der Waals surface area contributed by atoms with Gasteiger partial charge in [-0.1, -0.05) is 29.8 Å². The molecular formula is C14H21ClN2O. The van der Waals surface area contributed by atoms with Crippen molar-refractivity contribution in [1.29, 1.82) is 0 Å². The SMILES string of the molecule is COC1CCN(C(CN)c2ccccc2Cl)CC1. The van der Waals surface area contributed by atoms with E-state index in [1.165, 1.54) is 0 Å². The fraction of sp³-hybridized carbons (Fsp3) is 0.571. The summed E-state index contributed by atoms with van der Waals surface area (Å²) in [7, 11) is 1.79. The monoisotopic (exact) mass is 268 g/mol. The molecule has 2 rings (SSSR count). The Morgan fingerprint density at radius 2 is 2.06 bits per heavy atom. The van der Waals surface area contributed by atoms with Gasteiger partial charge < -0.3 is 10.5 Å². The molecule has 1 aromatic rings. The molecule has 1 aliphatic rings. The van der Waals surface area contributed by atoms with E-state index in [0.29, 0.717) is 12.6 Å². The van der Waals surface area contributed by atoms with Gasteiger partial charge >= 0.3 is 0 Å². The third kappa shape index (κ3) is 3.04. The highest BCUT2D eigenvalue weighted by Crippen LogP contribution is 2.29. The lowest BCUT2D eigenvalue weighted by molar-refractivity contribution is 0.0280. The Balaban J connectivity index is 2.08. The van der Waals surface area contributed by atoms with E-state index < -0.39 is 0 Å². The van der Waals surface area contributed by atoms with Crippen LogP contribution in [0.1, 0.15) is 24.4 Å². The first-order valence-electron chi connectivity index (χ1n) is 6.47. The minimum Gasteiger partial charge on any atom is -0.381 e. The third-order valence-electron chi connectivity index (χ3n) is 3.74. The molecule has 1 fully saturated rings. The number of likely N-dealkylation sites (tertiary alicyclic amines) is 1. The van der Waals surface area contributed by atoms with Crippen molar-refractivity contribution < 1.29 is 4.74 Å². The van der Waals surface area contributed by atoms with Crippen molar-refractivity contribution in [3.05, 3.63) is 34.9 Å². The average molecular weight is 269 g/mol. The standard InChI is InChI=1S/C14H21ClN2O/c1-18-11-6-8-17(9-7-11)14(10-16)12-4-2-3-5-13(12)15/h2-5,11,14H,6-10,16H2,1H3. The summed E-state index contributed by atoms with van der Waals surface area (Å²) >= 11 is 6.27. The van der Waals surface area contributed by atoms with Gasteiger partial charge in [-0.2, -0.15) is 0 Å². The Bertz CT molecular complexity index is 378. The molecule has 1 aliphatic heterocycles. The second-order valence-electron chi connectivity index (χ2n) is 4.74. The molecule has 1 heterocycles. The molecule has 0 saturated carbocycles. The minimum atomic E-state index is 0.219. The molecule has 0 spiro atoms. The molecule has 1 atom stereocenters. The van der Waals surface area contributed by atoms with Crippen LogP contribution in [-0.2, 0) is 4.74 Å².